The number of nitrogens with one attached hydrogen (secondary N) is 1. The zero-order chi connectivity index (χ0) is 12.7. The van der Waals surface area contributed by atoms with Crippen molar-refractivity contribution in [2.24, 2.45) is 0 Å². The van der Waals surface area contributed by atoms with Crippen molar-refractivity contribution in [2.45, 2.75) is 70.3 Å². The molecule has 1 aliphatic heterocycles. The van der Waals surface area contributed by atoms with Gasteiger partial charge >= 0.3 is 0 Å². The maximum absolute atomic E-state index is 5.99. The van der Waals surface area contributed by atoms with Gasteiger partial charge in [-0.3, -0.25) is 0 Å². The van der Waals surface area contributed by atoms with Crippen molar-refractivity contribution >= 4 is 11.8 Å². The second kappa shape index (κ2) is 7.65. The standard InChI is InChI=1S/C14H29NOS/c1-5-14(6-2)11-13(7-9-16-14)15-8-10-17-12(3)4/h12-13,15H,5-11H2,1-4H3. The summed E-state index contributed by atoms with van der Waals surface area (Å²) < 4.78 is 5.99. The van der Waals surface area contributed by atoms with E-state index >= 15 is 0 Å². The third-order valence-corrected chi connectivity index (χ3v) is 4.87. The first-order chi connectivity index (χ1) is 8.12. The van der Waals surface area contributed by atoms with E-state index in [0.717, 1.165) is 31.2 Å². The number of thioether (sulfide) groups is 1. The minimum Gasteiger partial charge on any atom is -0.375 e. The van der Waals surface area contributed by atoms with Crippen molar-refractivity contribution < 1.29 is 4.74 Å². The fraction of sp³-hybridized carbons (Fsp3) is 1.00. The SMILES string of the molecule is CCC1(CC)CC(NCCSC(C)C)CCO1. The second-order valence-corrected chi connectivity index (χ2v) is 6.99. The molecule has 102 valence electrons. The molecule has 1 saturated heterocycles. The zero-order valence-corrected chi connectivity index (χ0v) is 12.7. The van der Waals surface area contributed by atoms with Gasteiger partial charge in [0.25, 0.3) is 0 Å². The summed E-state index contributed by atoms with van der Waals surface area (Å²) in [5, 5.41) is 4.45. The number of ether oxygens (including phenoxy) is 1. The Hall–Kier alpha value is 0.270. The van der Waals surface area contributed by atoms with Crippen LogP contribution in [0.5, 0.6) is 0 Å². The molecule has 0 aromatic heterocycles. The summed E-state index contributed by atoms with van der Waals surface area (Å²) in [6, 6.07) is 0.663. The van der Waals surface area contributed by atoms with Gasteiger partial charge in [0.1, 0.15) is 0 Å². The van der Waals surface area contributed by atoms with Crippen LogP contribution in [0.25, 0.3) is 0 Å². The number of hydrogen-bond donors (Lipinski definition) is 1. The van der Waals surface area contributed by atoms with E-state index in [1.54, 1.807) is 0 Å². The van der Waals surface area contributed by atoms with Crippen LogP contribution in [0.1, 0.15) is 53.4 Å². The Balaban J connectivity index is 2.25. The van der Waals surface area contributed by atoms with E-state index in [4.69, 9.17) is 4.74 Å². The van der Waals surface area contributed by atoms with Gasteiger partial charge in [0, 0.05) is 24.9 Å². The van der Waals surface area contributed by atoms with Crippen molar-refractivity contribution in [3.8, 4) is 0 Å². The van der Waals surface area contributed by atoms with E-state index in [1.807, 2.05) is 11.8 Å². The molecule has 1 aliphatic rings. The van der Waals surface area contributed by atoms with Gasteiger partial charge in [-0.05, 0) is 30.9 Å². The molecule has 1 rings (SSSR count). The molecule has 0 aromatic carbocycles. The van der Waals surface area contributed by atoms with E-state index < -0.39 is 0 Å². The normalized spacial score (nSPS) is 24.2. The summed E-state index contributed by atoms with van der Waals surface area (Å²) in [5.41, 5.74) is 0.154. The summed E-state index contributed by atoms with van der Waals surface area (Å²) >= 11 is 2.04. The van der Waals surface area contributed by atoms with Crippen LogP contribution in [-0.4, -0.2) is 35.8 Å². The van der Waals surface area contributed by atoms with Crippen LogP contribution < -0.4 is 5.32 Å². The van der Waals surface area contributed by atoms with Crippen molar-refractivity contribution in [1.82, 2.24) is 5.32 Å². The average molecular weight is 259 g/mol. The molecular weight excluding hydrogens is 230 g/mol. The lowest BCUT2D eigenvalue weighted by Crippen LogP contribution is -2.47. The first-order valence-electron chi connectivity index (χ1n) is 7.11. The summed E-state index contributed by atoms with van der Waals surface area (Å²) in [6.07, 6.45) is 4.64. The minimum atomic E-state index is 0.154. The molecule has 0 saturated carbocycles. The van der Waals surface area contributed by atoms with Gasteiger partial charge in [-0.1, -0.05) is 27.7 Å². The highest BCUT2D eigenvalue weighted by Crippen LogP contribution is 2.31. The summed E-state index contributed by atoms with van der Waals surface area (Å²) in [5.74, 6) is 1.22. The van der Waals surface area contributed by atoms with E-state index in [2.05, 4.69) is 33.0 Å². The molecule has 1 fully saturated rings. The Morgan fingerprint density at radius 2 is 2.06 bits per heavy atom. The third-order valence-electron chi connectivity index (χ3n) is 3.77. The van der Waals surface area contributed by atoms with E-state index in [-0.39, 0.29) is 5.60 Å². The molecule has 2 nitrogen and oxygen atoms in total. The van der Waals surface area contributed by atoms with Crippen molar-refractivity contribution in [1.29, 1.82) is 0 Å². The molecule has 0 spiro atoms. The first kappa shape index (κ1) is 15.3. The van der Waals surface area contributed by atoms with Gasteiger partial charge in [0.2, 0.25) is 0 Å². The molecule has 1 unspecified atom stereocenters. The quantitative estimate of drug-likeness (QED) is 0.708. The molecule has 3 heteroatoms. The second-order valence-electron chi connectivity index (χ2n) is 5.30. The van der Waals surface area contributed by atoms with Crippen LogP contribution in [0, 0.1) is 0 Å². The van der Waals surface area contributed by atoms with Gasteiger partial charge in [-0.25, -0.2) is 0 Å². The monoisotopic (exact) mass is 259 g/mol. The van der Waals surface area contributed by atoms with Crippen LogP contribution in [0.15, 0.2) is 0 Å². The largest absolute Gasteiger partial charge is 0.375 e. The highest BCUT2D eigenvalue weighted by Gasteiger charge is 2.33. The maximum Gasteiger partial charge on any atom is 0.0692 e. The average Bonchev–Trinajstić information content (AvgIpc) is 2.34. The van der Waals surface area contributed by atoms with Crippen LogP contribution in [0.4, 0.5) is 0 Å². The molecule has 1 heterocycles. The molecule has 0 radical (unpaired) electrons. The lowest BCUT2D eigenvalue weighted by atomic mass is 9.86. The molecule has 0 aliphatic carbocycles. The Kier molecular flexibility index (Phi) is 6.90. The molecule has 0 bridgehead atoms. The van der Waals surface area contributed by atoms with Gasteiger partial charge < -0.3 is 10.1 Å². The lowest BCUT2D eigenvalue weighted by molar-refractivity contribution is -0.0927. The molecular formula is C14H29NOS. The predicted molar refractivity (Wildman–Crippen MR) is 77.9 cm³/mol. The Morgan fingerprint density at radius 3 is 2.65 bits per heavy atom. The number of rotatable bonds is 7. The van der Waals surface area contributed by atoms with Crippen molar-refractivity contribution in [2.75, 3.05) is 18.9 Å². The topological polar surface area (TPSA) is 21.3 Å². The lowest BCUT2D eigenvalue weighted by Gasteiger charge is -2.40. The smallest absolute Gasteiger partial charge is 0.0692 e. The fourth-order valence-corrected chi connectivity index (χ4v) is 3.21. The van der Waals surface area contributed by atoms with E-state index in [1.165, 1.54) is 18.6 Å². The summed E-state index contributed by atoms with van der Waals surface area (Å²) in [4.78, 5) is 0. The van der Waals surface area contributed by atoms with Crippen LogP contribution in [0.2, 0.25) is 0 Å². The molecule has 1 N–H and O–H groups in total. The molecule has 17 heavy (non-hydrogen) atoms. The van der Waals surface area contributed by atoms with Gasteiger partial charge in [-0.15, -0.1) is 0 Å². The first-order valence-corrected chi connectivity index (χ1v) is 8.15. The highest BCUT2D eigenvalue weighted by molar-refractivity contribution is 7.99. The summed E-state index contributed by atoms with van der Waals surface area (Å²) in [6.45, 7) is 11.1. The Labute approximate surface area is 111 Å². The van der Waals surface area contributed by atoms with Crippen LogP contribution >= 0.6 is 11.8 Å². The van der Waals surface area contributed by atoms with Gasteiger partial charge in [0.05, 0.1) is 5.60 Å². The third kappa shape index (κ3) is 5.19. The minimum absolute atomic E-state index is 0.154. The molecule has 0 amide bonds. The van der Waals surface area contributed by atoms with Crippen LogP contribution in [-0.2, 0) is 4.74 Å². The Bertz CT molecular complexity index is 204. The summed E-state index contributed by atoms with van der Waals surface area (Å²) in [7, 11) is 0. The number of hydrogen-bond acceptors (Lipinski definition) is 3. The fourth-order valence-electron chi connectivity index (χ4n) is 2.50. The highest BCUT2D eigenvalue weighted by atomic mass is 32.2. The van der Waals surface area contributed by atoms with E-state index in [0.29, 0.717) is 6.04 Å². The maximum atomic E-state index is 5.99. The Morgan fingerprint density at radius 1 is 1.35 bits per heavy atom. The van der Waals surface area contributed by atoms with Crippen LogP contribution in [0.3, 0.4) is 0 Å². The molecule has 1 atom stereocenters. The zero-order valence-electron chi connectivity index (χ0n) is 11.9. The van der Waals surface area contributed by atoms with Gasteiger partial charge in [0.15, 0.2) is 0 Å². The predicted octanol–water partition coefficient (Wildman–Crippen LogP) is 3.46. The van der Waals surface area contributed by atoms with Crippen molar-refractivity contribution in [3.05, 3.63) is 0 Å². The molecule has 0 aromatic rings. The van der Waals surface area contributed by atoms with Crippen molar-refractivity contribution in [3.63, 3.8) is 0 Å². The van der Waals surface area contributed by atoms with E-state index in [9.17, 15) is 0 Å². The van der Waals surface area contributed by atoms with Gasteiger partial charge in [-0.2, -0.15) is 11.8 Å².